The van der Waals surface area contributed by atoms with Crippen LogP contribution < -0.4 is 0 Å². The third-order valence-corrected chi connectivity index (χ3v) is 3.67. The Morgan fingerprint density at radius 3 is 2.79 bits per heavy atom. The summed E-state index contributed by atoms with van der Waals surface area (Å²) in [6.07, 6.45) is 4.90. The molecule has 2 nitrogen and oxygen atoms in total. The Labute approximate surface area is 95.8 Å². The Morgan fingerprint density at radius 1 is 1.36 bits per heavy atom. The number of rotatable bonds is 5. The van der Waals surface area contributed by atoms with Crippen molar-refractivity contribution in [3.8, 4) is 0 Å². The number of aliphatic hydroxyl groups excluding tert-OH is 1. The Kier molecular flexibility index (Phi) is 6.06. The summed E-state index contributed by atoms with van der Waals surface area (Å²) in [6.45, 7) is 5.37. The number of hydrogen-bond donors (Lipinski definition) is 1. The zero-order valence-electron chi connectivity index (χ0n) is 9.08. The van der Waals surface area contributed by atoms with Crippen LogP contribution in [0, 0.1) is 5.92 Å². The van der Waals surface area contributed by atoms with E-state index in [2.05, 4.69) is 27.8 Å². The third kappa shape index (κ3) is 4.28. The van der Waals surface area contributed by atoms with Crippen LogP contribution in [0.1, 0.15) is 32.6 Å². The molecule has 1 fully saturated rings. The number of likely N-dealkylation sites (tertiary alicyclic amines) is 1. The standard InChI is InChI=1S/C11H22BrNO/c1-10-5-8-13(9-11(10)14)7-4-2-3-6-12/h10-11,14H,2-9H2,1H3. The largest absolute Gasteiger partial charge is 0.392 e. The molecule has 0 amide bonds. The number of halogens is 1. The number of hydrogen-bond acceptors (Lipinski definition) is 2. The molecule has 1 heterocycles. The van der Waals surface area contributed by atoms with E-state index in [1.165, 1.54) is 25.8 Å². The van der Waals surface area contributed by atoms with Gasteiger partial charge in [0.2, 0.25) is 0 Å². The van der Waals surface area contributed by atoms with E-state index in [0.717, 1.165) is 24.8 Å². The molecule has 0 radical (unpaired) electrons. The predicted octanol–water partition coefficient (Wildman–Crippen LogP) is 2.25. The van der Waals surface area contributed by atoms with E-state index >= 15 is 0 Å². The molecule has 0 aromatic rings. The second-order valence-corrected chi connectivity index (χ2v) is 5.18. The van der Waals surface area contributed by atoms with Crippen molar-refractivity contribution in [2.75, 3.05) is 25.0 Å². The highest BCUT2D eigenvalue weighted by molar-refractivity contribution is 9.09. The maximum absolute atomic E-state index is 9.70. The number of aliphatic hydroxyl groups is 1. The lowest BCUT2D eigenvalue weighted by atomic mass is 9.96. The van der Waals surface area contributed by atoms with Crippen molar-refractivity contribution < 1.29 is 5.11 Å². The van der Waals surface area contributed by atoms with Crippen LogP contribution in [0.3, 0.4) is 0 Å². The molecule has 2 atom stereocenters. The Hall–Kier alpha value is 0.400. The molecule has 0 spiro atoms. The van der Waals surface area contributed by atoms with Gasteiger partial charge >= 0.3 is 0 Å². The number of unbranched alkanes of at least 4 members (excludes halogenated alkanes) is 2. The molecule has 0 aromatic carbocycles. The van der Waals surface area contributed by atoms with Gasteiger partial charge in [0.1, 0.15) is 0 Å². The number of β-amino-alcohol motifs (C(OH)–C–C–N with tert-alkyl or cyclic N) is 1. The van der Waals surface area contributed by atoms with Crippen molar-refractivity contribution >= 4 is 15.9 Å². The summed E-state index contributed by atoms with van der Waals surface area (Å²) in [5, 5.41) is 10.8. The molecule has 0 aromatic heterocycles. The van der Waals surface area contributed by atoms with Crippen LogP contribution in [0.15, 0.2) is 0 Å². The number of nitrogens with zero attached hydrogens (tertiary/aromatic N) is 1. The van der Waals surface area contributed by atoms with Crippen LogP contribution in [0.4, 0.5) is 0 Å². The quantitative estimate of drug-likeness (QED) is 0.608. The fraction of sp³-hybridized carbons (Fsp3) is 1.00. The smallest absolute Gasteiger partial charge is 0.0693 e. The monoisotopic (exact) mass is 263 g/mol. The van der Waals surface area contributed by atoms with Crippen molar-refractivity contribution in [3.05, 3.63) is 0 Å². The lowest BCUT2D eigenvalue weighted by Gasteiger charge is -2.34. The molecule has 1 rings (SSSR count). The van der Waals surface area contributed by atoms with E-state index in [1.807, 2.05) is 0 Å². The normalized spacial score (nSPS) is 29.4. The molecular weight excluding hydrogens is 242 g/mol. The van der Waals surface area contributed by atoms with Gasteiger partial charge in [-0.05, 0) is 38.3 Å². The predicted molar refractivity (Wildman–Crippen MR) is 63.9 cm³/mol. The summed E-state index contributed by atoms with van der Waals surface area (Å²) < 4.78 is 0. The minimum absolute atomic E-state index is 0.0973. The van der Waals surface area contributed by atoms with Crippen LogP contribution >= 0.6 is 15.9 Å². The number of piperidine rings is 1. The average molecular weight is 264 g/mol. The van der Waals surface area contributed by atoms with Gasteiger partial charge in [-0.25, -0.2) is 0 Å². The van der Waals surface area contributed by atoms with Gasteiger partial charge < -0.3 is 10.0 Å². The van der Waals surface area contributed by atoms with E-state index in [-0.39, 0.29) is 6.10 Å². The second-order valence-electron chi connectivity index (χ2n) is 4.38. The van der Waals surface area contributed by atoms with E-state index in [1.54, 1.807) is 0 Å². The fourth-order valence-corrected chi connectivity index (χ4v) is 2.32. The summed E-state index contributed by atoms with van der Waals surface area (Å²) in [7, 11) is 0. The second kappa shape index (κ2) is 6.81. The van der Waals surface area contributed by atoms with Gasteiger partial charge in [0.25, 0.3) is 0 Å². The molecule has 0 aliphatic carbocycles. The molecule has 1 aliphatic rings. The third-order valence-electron chi connectivity index (χ3n) is 3.11. The first kappa shape index (κ1) is 12.5. The van der Waals surface area contributed by atoms with Crippen molar-refractivity contribution in [1.29, 1.82) is 0 Å². The maximum atomic E-state index is 9.70. The van der Waals surface area contributed by atoms with Crippen molar-refractivity contribution in [3.63, 3.8) is 0 Å². The van der Waals surface area contributed by atoms with E-state index in [9.17, 15) is 5.11 Å². The Balaban J connectivity index is 2.07. The SMILES string of the molecule is CC1CCN(CCCCCBr)CC1O. The topological polar surface area (TPSA) is 23.5 Å². The van der Waals surface area contributed by atoms with E-state index < -0.39 is 0 Å². The van der Waals surface area contributed by atoms with Crippen LogP contribution in [0.25, 0.3) is 0 Å². The Bertz CT molecular complexity index is 154. The first-order valence-electron chi connectivity index (χ1n) is 5.70. The molecule has 2 unspecified atom stereocenters. The lowest BCUT2D eigenvalue weighted by Crippen LogP contribution is -2.43. The molecule has 1 aliphatic heterocycles. The average Bonchev–Trinajstić information content (AvgIpc) is 2.18. The first-order chi connectivity index (χ1) is 6.74. The summed E-state index contributed by atoms with van der Waals surface area (Å²) in [5.41, 5.74) is 0. The van der Waals surface area contributed by atoms with Crippen LogP contribution in [0.2, 0.25) is 0 Å². The van der Waals surface area contributed by atoms with Crippen molar-refractivity contribution in [1.82, 2.24) is 4.90 Å². The molecular formula is C11H22BrNO. The summed E-state index contributed by atoms with van der Waals surface area (Å²) in [4.78, 5) is 2.40. The lowest BCUT2D eigenvalue weighted by molar-refractivity contribution is 0.0287. The summed E-state index contributed by atoms with van der Waals surface area (Å²) in [6, 6.07) is 0. The highest BCUT2D eigenvalue weighted by Crippen LogP contribution is 2.17. The minimum atomic E-state index is -0.0973. The molecule has 84 valence electrons. The van der Waals surface area contributed by atoms with Crippen LogP contribution in [0.5, 0.6) is 0 Å². The van der Waals surface area contributed by atoms with Crippen LogP contribution in [-0.2, 0) is 0 Å². The molecule has 1 saturated heterocycles. The van der Waals surface area contributed by atoms with Gasteiger partial charge in [-0.1, -0.05) is 29.3 Å². The zero-order valence-corrected chi connectivity index (χ0v) is 10.7. The zero-order chi connectivity index (χ0) is 10.4. The Morgan fingerprint density at radius 2 is 2.14 bits per heavy atom. The fourth-order valence-electron chi connectivity index (χ4n) is 1.92. The van der Waals surface area contributed by atoms with Crippen molar-refractivity contribution in [2.24, 2.45) is 5.92 Å². The minimum Gasteiger partial charge on any atom is -0.392 e. The molecule has 0 bridgehead atoms. The highest BCUT2D eigenvalue weighted by atomic mass is 79.9. The summed E-state index contributed by atoms with van der Waals surface area (Å²) in [5.74, 6) is 0.494. The van der Waals surface area contributed by atoms with Crippen LogP contribution in [-0.4, -0.2) is 41.1 Å². The van der Waals surface area contributed by atoms with Gasteiger partial charge in [-0.3, -0.25) is 0 Å². The summed E-state index contributed by atoms with van der Waals surface area (Å²) >= 11 is 3.44. The van der Waals surface area contributed by atoms with Gasteiger partial charge in [-0.15, -0.1) is 0 Å². The van der Waals surface area contributed by atoms with Gasteiger partial charge in [0.15, 0.2) is 0 Å². The molecule has 14 heavy (non-hydrogen) atoms. The van der Waals surface area contributed by atoms with Crippen molar-refractivity contribution in [2.45, 2.75) is 38.7 Å². The number of alkyl halides is 1. The molecule has 3 heteroatoms. The van der Waals surface area contributed by atoms with E-state index in [4.69, 9.17) is 0 Å². The molecule has 0 saturated carbocycles. The van der Waals surface area contributed by atoms with Gasteiger partial charge in [0, 0.05) is 11.9 Å². The van der Waals surface area contributed by atoms with E-state index in [0.29, 0.717) is 5.92 Å². The van der Waals surface area contributed by atoms with Gasteiger partial charge in [0.05, 0.1) is 6.10 Å². The maximum Gasteiger partial charge on any atom is 0.0693 e. The molecule has 1 N–H and O–H groups in total. The van der Waals surface area contributed by atoms with Gasteiger partial charge in [-0.2, -0.15) is 0 Å². The highest BCUT2D eigenvalue weighted by Gasteiger charge is 2.23. The first-order valence-corrected chi connectivity index (χ1v) is 6.82.